The van der Waals surface area contributed by atoms with Gasteiger partial charge in [-0.3, -0.25) is 9.48 Å². The lowest BCUT2D eigenvalue weighted by atomic mass is 10.1. The molecule has 0 aliphatic carbocycles. The molecular formula is C18H23N3O5S. The van der Waals surface area contributed by atoms with Gasteiger partial charge in [-0.15, -0.1) is 11.3 Å². The zero-order valence-corrected chi connectivity index (χ0v) is 17.1. The van der Waals surface area contributed by atoms with Crippen LogP contribution in [-0.2, 0) is 16.5 Å². The summed E-state index contributed by atoms with van der Waals surface area (Å²) in [4.78, 5) is 37.6. The standard InChI is InChI=1S/C18H23N3O5S/c1-7-25-17(23)12-9(3)14(18(24)26-8-2)27-16(12)19-15(22)13-10(4)20-21(6)11(13)5/h7-8H2,1-6H3,(H,19,22). The lowest BCUT2D eigenvalue weighted by Gasteiger charge is -2.07. The van der Waals surface area contributed by atoms with E-state index >= 15 is 0 Å². The second kappa shape index (κ2) is 8.34. The topological polar surface area (TPSA) is 99.5 Å². The van der Waals surface area contributed by atoms with Gasteiger partial charge in [0.2, 0.25) is 0 Å². The Balaban J connectivity index is 2.48. The fraction of sp³-hybridized carbons (Fsp3) is 0.444. The van der Waals surface area contributed by atoms with Crippen molar-refractivity contribution in [1.29, 1.82) is 0 Å². The van der Waals surface area contributed by atoms with Crippen molar-refractivity contribution < 1.29 is 23.9 Å². The Morgan fingerprint density at radius 2 is 1.63 bits per heavy atom. The molecule has 2 aromatic heterocycles. The van der Waals surface area contributed by atoms with Gasteiger partial charge in [-0.2, -0.15) is 5.10 Å². The van der Waals surface area contributed by atoms with Gasteiger partial charge in [0.15, 0.2) is 0 Å². The van der Waals surface area contributed by atoms with Crippen LogP contribution in [0.2, 0.25) is 0 Å². The number of aryl methyl sites for hydroxylation is 2. The van der Waals surface area contributed by atoms with E-state index < -0.39 is 17.8 Å². The lowest BCUT2D eigenvalue weighted by Crippen LogP contribution is -2.16. The van der Waals surface area contributed by atoms with Crippen LogP contribution in [-0.4, -0.2) is 40.8 Å². The maximum Gasteiger partial charge on any atom is 0.348 e. The summed E-state index contributed by atoms with van der Waals surface area (Å²) in [6, 6.07) is 0. The van der Waals surface area contributed by atoms with E-state index in [0.717, 1.165) is 11.3 Å². The van der Waals surface area contributed by atoms with Gasteiger partial charge in [-0.1, -0.05) is 0 Å². The van der Waals surface area contributed by atoms with Gasteiger partial charge >= 0.3 is 11.9 Å². The summed E-state index contributed by atoms with van der Waals surface area (Å²) < 4.78 is 11.7. The molecule has 0 saturated carbocycles. The van der Waals surface area contributed by atoms with Gasteiger partial charge in [-0.05, 0) is 40.2 Å². The molecule has 0 aliphatic heterocycles. The molecule has 0 bridgehead atoms. The summed E-state index contributed by atoms with van der Waals surface area (Å²) in [5, 5.41) is 7.22. The molecule has 1 amide bonds. The number of thiophene rings is 1. The largest absolute Gasteiger partial charge is 0.462 e. The van der Waals surface area contributed by atoms with Crippen molar-refractivity contribution in [2.75, 3.05) is 18.5 Å². The Morgan fingerprint density at radius 1 is 1.04 bits per heavy atom. The molecule has 0 spiro atoms. The van der Waals surface area contributed by atoms with Crippen LogP contribution >= 0.6 is 11.3 Å². The van der Waals surface area contributed by atoms with Crippen LogP contribution in [0.4, 0.5) is 5.00 Å². The minimum Gasteiger partial charge on any atom is -0.462 e. The molecule has 0 fully saturated rings. The third kappa shape index (κ3) is 4.02. The number of amides is 1. The number of nitrogens with one attached hydrogen (secondary N) is 1. The quantitative estimate of drug-likeness (QED) is 0.758. The molecule has 0 atom stereocenters. The third-order valence-electron chi connectivity index (χ3n) is 4.05. The van der Waals surface area contributed by atoms with Crippen molar-refractivity contribution in [3.8, 4) is 0 Å². The molecule has 0 radical (unpaired) electrons. The van der Waals surface area contributed by atoms with Gasteiger partial charge in [0.25, 0.3) is 5.91 Å². The summed E-state index contributed by atoms with van der Waals surface area (Å²) in [6.07, 6.45) is 0. The Labute approximate surface area is 161 Å². The van der Waals surface area contributed by atoms with Crippen LogP contribution in [0.5, 0.6) is 0 Å². The lowest BCUT2D eigenvalue weighted by molar-refractivity contribution is 0.0527. The highest BCUT2D eigenvalue weighted by atomic mass is 32.1. The number of rotatable bonds is 6. The van der Waals surface area contributed by atoms with Crippen LogP contribution < -0.4 is 5.32 Å². The summed E-state index contributed by atoms with van der Waals surface area (Å²) >= 11 is 0.995. The third-order valence-corrected chi connectivity index (χ3v) is 5.24. The SMILES string of the molecule is CCOC(=O)c1sc(NC(=O)c2c(C)nn(C)c2C)c(C(=O)OCC)c1C. The maximum absolute atomic E-state index is 12.8. The van der Waals surface area contributed by atoms with E-state index in [1.807, 2.05) is 0 Å². The van der Waals surface area contributed by atoms with Gasteiger partial charge in [0.05, 0.1) is 30.0 Å². The van der Waals surface area contributed by atoms with Gasteiger partial charge in [0.1, 0.15) is 9.88 Å². The van der Waals surface area contributed by atoms with Crippen LogP contribution in [0.25, 0.3) is 0 Å². The number of anilines is 1. The molecule has 0 unspecified atom stereocenters. The van der Waals surface area contributed by atoms with Crippen molar-refractivity contribution >= 4 is 34.2 Å². The summed E-state index contributed by atoms with van der Waals surface area (Å²) in [6.45, 7) is 8.92. The van der Waals surface area contributed by atoms with E-state index in [1.54, 1.807) is 46.3 Å². The molecule has 1 N–H and O–H groups in total. The average molecular weight is 393 g/mol. The number of carbonyl (C=O) groups excluding carboxylic acids is 3. The Hall–Kier alpha value is -2.68. The highest BCUT2D eigenvalue weighted by Crippen LogP contribution is 2.35. The maximum atomic E-state index is 12.8. The number of hydrogen-bond donors (Lipinski definition) is 1. The Kier molecular flexibility index (Phi) is 6.37. The van der Waals surface area contributed by atoms with Gasteiger partial charge < -0.3 is 14.8 Å². The minimum atomic E-state index is -0.600. The average Bonchev–Trinajstić information content (AvgIpc) is 3.04. The summed E-state index contributed by atoms with van der Waals surface area (Å²) in [5.41, 5.74) is 2.28. The van der Waals surface area contributed by atoms with Crippen molar-refractivity contribution in [3.63, 3.8) is 0 Å². The van der Waals surface area contributed by atoms with Gasteiger partial charge in [0, 0.05) is 12.7 Å². The summed E-state index contributed by atoms with van der Waals surface area (Å²) in [7, 11) is 1.75. The second-order valence-corrected chi connectivity index (χ2v) is 6.85. The van der Waals surface area contributed by atoms with Crippen molar-refractivity contribution in [1.82, 2.24) is 9.78 Å². The number of ether oxygens (including phenoxy) is 2. The van der Waals surface area contributed by atoms with Crippen LogP contribution in [0.1, 0.15) is 61.2 Å². The zero-order chi connectivity index (χ0) is 20.3. The molecule has 2 aromatic rings. The predicted molar refractivity (Wildman–Crippen MR) is 102 cm³/mol. The molecule has 9 heteroatoms. The first-order chi connectivity index (χ1) is 12.7. The Morgan fingerprint density at radius 3 is 2.15 bits per heavy atom. The van der Waals surface area contributed by atoms with E-state index in [0.29, 0.717) is 22.5 Å². The van der Waals surface area contributed by atoms with E-state index in [-0.39, 0.29) is 28.7 Å². The molecule has 0 aromatic carbocycles. The molecule has 8 nitrogen and oxygen atoms in total. The number of hydrogen-bond acceptors (Lipinski definition) is 7. The van der Waals surface area contributed by atoms with E-state index in [2.05, 4.69) is 10.4 Å². The minimum absolute atomic E-state index is 0.164. The molecule has 2 rings (SSSR count). The zero-order valence-electron chi connectivity index (χ0n) is 16.3. The normalized spacial score (nSPS) is 10.6. The first-order valence-electron chi connectivity index (χ1n) is 8.51. The number of aromatic nitrogens is 2. The first-order valence-corrected chi connectivity index (χ1v) is 9.33. The molecule has 0 aliphatic rings. The monoisotopic (exact) mass is 393 g/mol. The first kappa shape index (κ1) is 20.6. The van der Waals surface area contributed by atoms with Crippen LogP contribution in [0, 0.1) is 20.8 Å². The predicted octanol–water partition coefficient (Wildman–Crippen LogP) is 3.01. The molecule has 27 heavy (non-hydrogen) atoms. The van der Waals surface area contributed by atoms with E-state index in [9.17, 15) is 14.4 Å². The molecular weight excluding hydrogens is 370 g/mol. The fourth-order valence-electron chi connectivity index (χ4n) is 2.71. The van der Waals surface area contributed by atoms with Crippen LogP contribution in [0.15, 0.2) is 0 Å². The molecule has 2 heterocycles. The number of nitrogens with zero attached hydrogens (tertiary/aromatic N) is 2. The van der Waals surface area contributed by atoms with Gasteiger partial charge in [-0.25, -0.2) is 9.59 Å². The van der Waals surface area contributed by atoms with Crippen molar-refractivity contribution in [2.24, 2.45) is 7.05 Å². The van der Waals surface area contributed by atoms with Crippen LogP contribution in [0.3, 0.4) is 0 Å². The van der Waals surface area contributed by atoms with E-state index in [1.165, 1.54) is 0 Å². The Bertz CT molecular complexity index is 897. The van der Waals surface area contributed by atoms with Crippen molar-refractivity contribution in [2.45, 2.75) is 34.6 Å². The smallest absolute Gasteiger partial charge is 0.348 e. The highest BCUT2D eigenvalue weighted by molar-refractivity contribution is 7.18. The number of carbonyl (C=O) groups is 3. The highest BCUT2D eigenvalue weighted by Gasteiger charge is 2.28. The summed E-state index contributed by atoms with van der Waals surface area (Å²) in [5.74, 6) is -1.54. The van der Waals surface area contributed by atoms with Crippen molar-refractivity contribution in [3.05, 3.63) is 33.0 Å². The fourth-order valence-corrected chi connectivity index (χ4v) is 3.79. The molecule has 146 valence electrons. The molecule has 0 saturated heterocycles. The van der Waals surface area contributed by atoms with E-state index in [4.69, 9.17) is 9.47 Å². The number of esters is 2. The second-order valence-electron chi connectivity index (χ2n) is 5.82.